The van der Waals surface area contributed by atoms with E-state index in [1.54, 1.807) is 30.3 Å². The smallest absolute Gasteiger partial charge is 0.432 e. The molecule has 1 atom stereocenters. The SMILES string of the molecule is CCOC(=O)C(O)(c1cc(OCOC)ccc1-c1ccc2ccccc2n1)C(F)(F)F. The van der Waals surface area contributed by atoms with E-state index in [0.29, 0.717) is 5.52 Å². The summed E-state index contributed by atoms with van der Waals surface area (Å²) in [5.74, 6) is -1.87. The third-order valence-electron chi connectivity index (χ3n) is 4.58. The molecule has 0 radical (unpaired) electrons. The maximum Gasteiger partial charge on any atom is 0.432 e. The van der Waals surface area contributed by atoms with E-state index in [1.165, 1.54) is 32.2 Å². The van der Waals surface area contributed by atoms with Gasteiger partial charge in [0.1, 0.15) is 5.75 Å². The number of rotatable bonds is 7. The van der Waals surface area contributed by atoms with E-state index < -0.39 is 23.3 Å². The second kappa shape index (κ2) is 8.91. The number of carbonyl (C=O) groups is 1. The molecule has 0 saturated heterocycles. The maximum absolute atomic E-state index is 14.1. The van der Waals surface area contributed by atoms with Crippen molar-refractivity contribution in [3.63, 3.8) is 0 Å². The Morgan fingerprint density at radius 1 is 1.10 bits per heavy atom. The molecule has 1 unspecified atom stereocenters. The average Bonchev–Trinajstić information content (AvgIpc) is 2.76. The summed E-state index contributed by atoms with van der Waals surface area (Å²) in [6, 6.07) is 13.9. The van der Waals surface area contributed by atoms with Gasteiger partial charge < -0.3 is 19.3 Å². The van der Waals surface area contributed by atoms with Crippen LogP contribution in [0.5, 0.6) is 5.75 Å². The number of esters is 1. The lowest BCUT2D eigenvalue weighted by Crippen LogP contribution is -2.50. The highest BCUT2D eigenvalue weighted by Crippen LogP contribution is 2.45. The molecule has 1 heterocycles. The van der Waals surface area contributed by atoms with Crippen molar-refractivity contribution in [3.8, 4) is 17.0 Å². The number of aromatic nitrogens is 1. The lowest BCUT2D eigenvalue weighted by atomic mass is 9.87. The van der Waals surface area contributed by atoms with E-state index in [2.05, 4.69) is 9.72 Å². The van der Waals surface area contributed by atoms with Gasteiger partial charge in [-0.3, -0.25) is 0 Å². The third-order valence-corrected chi connectivity index (χ3v) is 4.58. The van der Waals surface area contributed by atoms with E-state index in [0.717, 1.165) is 11.5 Å². The molecule has 0 fully saturated rings. The number of nitrogens with zero attached hydrogens (tertiary/aromatic N) is 1. The number of alkyl halides is 3. The average molecular weight is 435 g/mol. The van der Waals surface area contributed by atoms with Gasteiger partial charge in [-0.15, -0.1) is 0 Å². The number of para-hydroxylation sites is 1. The Morgan fingerprint density at radius 3 is 2.52 bits per heavy atom. The van der Waals surface area contributed by atoms with Gasteiger partial charge in [0, 0.05) is 23.6 Å². The Balaban J connectivity index is 2.26. The highest BCUT2D eigenvalue weighted by molar-refractivity contribution is 5.87. The molecular formula is C22H20F3NO5. The summed E-state index contributed by atoms with van der Waals surface area (Å²) >= 11 is 0. The Morgan fingerprint density at radius 2 is 1.84 bits per heavy atom. The van der Waals surface area contributed by atoms with Crippen LogP contribution in [0, 0.1) is 0 Å². The number of aliphatic hydroxyl groups is 1. The first-order valence-electron chi connectivity index (χ1n) is 9.31. The number of methoxy groups -OCH3 is 1. The van der Waals surface area contributed by atoms with Gasteiger partial charge in [-0.25, -0.2) is 9.78 Å². The summed E-state index contributed by atoms with van der Waals surface area (Å²) in [5.41, 5.74) is -4.10. The normalized spacial score (nSPS) is 13.6. The molecule has 1 aromatic heterocycles. The molecule has 0 aliphatic heterocycles. The summed E-state index contributed by atoms with van der Waals surface area (Å²) in [4.78, 5) is 16.8. The first-order valence-corrected chi connectivity index (χ1v) is 9.31. The molecule has 2 aromatic carbocycles. The van der Waals surface area contributed by atoms with Crippen LogP contribution >= 0.6 is 0 Å². The van der Waals surface area contributed by atoms with Crippen LogP contribution in [0.2, 0.25) is 0 Å². The zero-order chi connectivity index (χ0) is 22.6. The van der Waals surface area contributed by atoms with Crippen molar-refractivity contribution in [1.82, 2.24) is 4.98 Å². The van der Waals surface area contributed by atoms with E-state index >= 15 is 0 Å². The summed E-state index contributed by atoms with van der Waals surface area (Å²) in [6.45, 7) is 0.760. The molecule has 164 valence electrons. The monoisotopic (exact) mass is 435 g/mol. The van der Waals surface area contributed by atoms with Crippen molar-refractivity contribution in [1.29, 1.82) is 0 Å². The van der Waals surface area contributed by atoms with Crippen LogP contribution in [0.3, 0.4) is 0 Å². The van der Waals surface area contributed by atoms with Crippen LogP contribution in [0.1, 0.15) is 12.5 Å². The zero-order valence-corrected chi connectivity index (χ0v) is 16.8. The predicted molar refractivity (Wildman–Crippen MR) is 106 cm³/mol. The van der Waals surface area contributed by atoms with Crippen LogP contribution in [0.4, 0.5) is 13.2 Å². The number of fused-ring (bicyclic) bond motifs is 1. The van der Waals surface area contributed by atoms with E-state index in [-0.39, 0.29) is 30.4 Å². The Hall–Kier alpha value is -3.17. The lowest BCUT2D eigenvalue weighted by Gasteiger charge is -2.30. The minimum absolute atomic E-state index is 0.0339. The van der Waals surface area contributed by atoms with Gasteiger partial charge in [0.15, 0.2) is 6.79 Å². The number of halogens is 3. The first-order chi connectivity index (χ1) is 14.7. The van der Waals surface area contributed by atoms with Crippen LogP contribution in [-0.4, -0.2) is 42.7 Å². The molecule has 0 spiro atoms. The summed E-state index contributed by atoms with van der Waals surface area (Å²) in [6.07, 6.45) is -5.37. The molecule has 6 nitrogen and oxygen atoms in total. The number of carbonyl (C=O) groups excluding carboxylic acids is 1. The summed E-state index contributed by atoms with van der Waals surface area (Å²) in [7, 11) is 1.35. The van der Waals surface area contributed by atoms with Gasteiger partial charge in [-0.05, 0) is 37.3 Å². The van der Waals surface area contributed by atoms with E-state index in [9.17, 15) is 23.1 Å². The van der Waals surface area contributed by atoms with Crippen molar-refractivity contribution in [2.75, 3.05) is 20.5 Å². The molecule has 1 N–H and O–H groups in total. The second-order valence-electron chi connectivity index (χ2n) is 6.58. The number of hydrogen-bond acceptors (Lipinski definition) is 6. The van der Waals surface area contributed by atoms with Crippen LogP contribution in [0.25, 0.3) is 22.2 Å². The lowest BCUT2D eigenvalue weighted by molar-refractivity contribution is -0.267. The molecule has 9 heteroatoms. The first kappa shape index (κ1) is 22.5. The predicted octanol–water partition coefficient (Wildman–Crippen LogP) is 4.20. The molecule has 0 bridgehead atoms. The molecule has 3 aromatic rings. The van der Waals surface area contributed by atoms with Gasteiger partial charge in [0.2, 0.25) is 0 Å². The fraction of sp³-hybridized carbons (Fsp3) is 0.273. The van der Waals surface area contributed by atoms with Gasteiger partial charge in [-0.2, -0.15) is 13.2 Å². The number of hydrogen-bond donors (Lipinski definition) is 1. The standard InChI is InChI=1S/C22H20F3NO5/c1-3-30-20(27)21(28,22(23,24)25)17-12-15(31-13-29-2)9-10-16(17)19-11-8-14-6-4-5-7-18(14)26-19/h4-12,28H,3,13H2,1-2H3. The quantitative estimate of drug-likeness (QED) is 0.443. The number of ether oxygens (including phenoxy) is 3. The van der Waals surface area contributed by atoms with Crippen LogP contribution in [-0.2, 0) is 19.9 Å². The van der Waals surface area contributed by atoms with Gasteiger partial charge in [-0.1, -0.05) is 24.3 Å². The van der Waals surface area contributed by atoms with Gasteiger partial charge >= 0.3 is 12.1 Å². The molecule has 0 aliphatic carbocycles. The zero-order valence-electron chi connectivity index (χ0n) is 16.8. The molecule has 0 amide bonds. The summed E-state index contributed by atoms with van der Waals surface area (Å²) in [5, 5.41) is 11.5. The Kier molecular flexibility index (Phi) is 6.47. The van der Waals surface area contributed by atoms with Gasteiger partial charge in [0.05, 0.1) is 17.8 Å². The largest absolute Gasteiger partial charge is 0.468 e. The molecular weight excluding hydrogens is 415 g/mol. The number of pyridine rings is 1. The third kappa shape index (κ3) is 4.33. The molecule has 0 aliphatic rings. The Bertz CT molecular complexity index is 1090. The molecule has 0 saturated carbocycles. The fourth-order valence-corrected chi connectivity index (χ4v) is 3.09. The van der Waals surface area contributed by atoms with Crippen molar-refractivity contribution in [2.45, 2.75) is 18.7 Å². The minimum Gasteiger partial charge on any atom is -0.468 e. The van der Waals surface area contributed by atoms with Gasteiger partial charge in [0.25, 0.3) is 5.60 Å². The summed E-state index contributed by atoms with van der Waals surface area (Å²) < 4.78 is 56.8. The van der Waals surface area contributed by atoms with Crippen molar-refractivity contribution in [3.05, 3.63) is 60.2 Å². The van der Waals surface area contributed by atoms with E-state index in [1.807, 2.05) is 0 Å². The fourth-order valence-electron chi connectivity index (χ4n) is 3.09. The van der Waals surface area contributed by atoms with Crippen molar-refractivity contribution < 1.29 is 37.3 Å². The molecule has 3 rings (SSSR count). The van der Waals surface area contributed by atoms with E-state index in [4.69, 9.17) is 9.47 Å². The highest BCUT2D eigenvalue weighted by Gasteiger charge is 2.63. The second-order valence-corrected chi connectivity index (χ2v) is 6.58. The maximum atomic E-state index is 14.1. The van der Waals surface area contributed by atoms with Crippen LogP contribution in [0.15, 0.2) is 54.6 Å². The molecule has 31 heavy (non-hydrogen) atoms. The van der Waals surface area contributed by atoms with Crippen LogP contribution < -0.4 is 4.74 Å². The van der Waals surface area contributed by atoms with Crippen molar-refractivity contribution in [2.24, 2.45) is 0 Å². The number of benzene rings is 2. The van der Waals surface area contributed by atoms with Crippen molar-refractivity contribution >= 4 is 16.9 Å². The minimum atomic E-state index is -5.37. The highest BCUT2D eigenvalue weighted by atomic mass is 19.4. The topological polar surface area (TPSA) is 77.9 Å². The Labute approximate surface area is 176 Å².